The minimum Gasteiger partial charge on any atom is -0.496 e. The third kappa shape index (κ3) is 4.08. The lowest BCUT2D eigenvalue weighted by atomic mass is 10.1. The van der Waals surface area contributed by atoms with Crippen molar-refractivity contribution in [3.8, 4) is 5.75 Å². The van der Waals surface area contributed by atoms with E-state index in [1.807, 2.05) is 11.3 Å². The molecule has 1 aromatic carbocycles. The van der Waals surface area contributed by atoms with Crippen LogP contribution in [0, 0.1) is 13.8 Å². The van der Waals surface area contributed by atoms with Gasteiger partial charge in [-0.05, 0) is 37.6 Å². The topological polar surface area (TPSA) is 25.8 Å². The standard InChI is InChI=1S/C16H21NOS/c1-12-4-7-16(18-3)14(10-12)8-9-17-11-15-6-5-13(2)19-15/h4-7,10,17H,8-9,11H2,1-3H3/p+1. The molecule has 2 rings (SSSR count). The summed E-state index contributed by atoms with van der Waals surface area (Å²) < 4.78 is 5.41. The molecule has 1 heterocycles. The van der Waals surface area contributed by atoms with Crippen molar-refractivity contribution in [1.29, 1.82) is 0 Å². The van der Waals surface area contributed by atoms with Crippen LogP contribution < -0.4 is 10.1 Å². The molecule has 3 heteroatoms. The number of ether oxygens (including phenoxy) is 1. The second-order valence-electron chi connectivity index (χ2n) is 4.86. The summed E-state index contributed by atoms with van der Waals surface area (Å²) in [6, 6.07) is 10.8. The van der Waals surface area contributed by atoms with Crippen molar-refractivity contribution in [2.75, 3.05) is 13.7 Å². The second kappa shape index (κ2) is 6.73. The van der Waals surface area contributed by atoms with Crippen LogP contribution in [0.1, 0.15) is 20.9 Å². The van der Waals surface area contributed by atoms with Gasteiger partial charge in [0.25, 0.3) is 0 Å². The van der Waals surface area contributed by atoms with Crippen molar-refractivity contribution in [2.24, 2.45) is 0 Å². The highest BCUT2D eigenvalue weighted by Gasteiger charge is 2.05. The van der Waals surface area contributed by atoms with E-state index in [0.29, 0.717) is 0 Å². The fourth-order valence-corrected chi connectivity index (χ4v) is 3.09. The van der Waals surface area contributed by atoms with Gasteiger partial charge in [0.05, 0.1) is 18.5 Å². The zero-order chi connectivity index (χ0) is 13.7. The van der Waals surface area contributed by atoms with Gasteiger partial charge in [0, 0.05) is 11.3 Å². The van der Waals surface area contributed by atoms with Crippen LogP contribution in [-0.2, 0) is 13.0 Å². The number of benzene rings is 1. The third-order valence-electron chi connectivity index (χ3n) is 3.20. The summed E-state index contributed by atoms with van der Waals surface area (Å²) in [5.74, 6) is 1.01. The van der Waals surface area contributed by atoms with Crippen LogP contribution in [0.2, 0.25) is 0 Å². The number of quaternary nitrogens is 1. The molecule has 2 N–H and O–H groups in total. The van der Waals surface area contributed by atoms with E-state index in [2.05, 4.69) is 49.5 Å². The van der Waals surface area contributed by atoms with E-state index in [1.54, 1.807) is 7.11 Å². The molecular weight excluding hydrogens is 254 g/mol. The quantitative estimate of drug-likeness (QED) is 0.807. The lowest BCUT2D eigenvalue weighted by Crippen LogP contribution is -2.82. The van der Waals surface area contributed by atoms with E-state index in [-0.39, 0.29) is 0 Å². The average Bonchev–Trinajstić information content (AvgIpc) is 2.81. The fourth-order valence-electron chi connectivity index (χ4n) is 2.20. The number of hydrogen-bond donors (Lipinski definition) is 1. The maximum absolute atomic E-state index is 5.41. The van der Waals surface area contributed by atoms with Crippen molar-refractivity contribution in [3.63, 3.8) is 0 Å². The highest BCUT2D eigenvalue weighted by Crippen LogP contribution is 2.19. The minimum atomic E-state index is 1.01. The molecule has 0 amide bonds. The monoisotopic (exact) mass is 276 g/mol. The summed E-state index contributed by atoms with van der Waals surface area (Å²) in [7, 11) is 1.74. The SMILES string of the molecule is COc1ccc(C)cc1CC[NH2+]Cc1ccc(C)s1. The molecule has 0 aliphatic rings. The Kier molecular flexibility index (Phi) is 5.00. The molecule has 0 saturated heterocycles. The smallest absolute Gasteiger partial charge is 0.122 e. The highest BCUT2D eigenvalue weighted by atomic mass is 32.1. The molecule has 0 aliphatic heterocycles. The van der Waals surface area contributed by atoms with Gasteiger partial charge in [-0.3, -0.25) is 0 Å². The second-order valence-corrected chi connectivity index (χ2v) is 6.23. The Morgan fingerprint density at radius 3 is 2.68 bits per heavy atom. The van der Waals surface area contributed by atoms with Crippen LogP contribution in [0.15, 0.2) is 30.3 Å². The number of hydrogen-bond acceptors (Lipinski definition) is 2. The number of methoxy groups -OCH3 is 1. The molecule has 0 atom stereocenters. The average molecular weight is 276 g/mol. The molecule has 19 heavy (non-hydrogen) atoms. The first kappa shape index (κ1) is 14.1. The van der Waals surface area contributed by atoms with Gasteiger partial charge in [-0.25, -0.2) is 0 Å². The van der Waals surface area contributed by atoms with E-state index >= 15 is 0 Å². The number of nitrogens with two attached hydrogens (primary N) is 1. The van der Waals surface area contributed by atoms with E-state index < -0.39 is 0 Å². The van der Waals surface area contributed by atoms with Gasteiger partial charge in [-0.2, -0.15) is 0 Å². The molecule has 1 aromatic heterocycles. The fraction of sp³-hybridized carbons (Fsp3) is 0.375. The Balaban J connectivity index is 1.83. The van der Waals surface area contributed by atoms with Crippen molar-refractivity contribution < 1.29 is 10.1 Å². The minimum absolute atomic E-state index is 1.01. The summed E-state index contributed by atoms with van der Waals surface area (Å²) in [4.78, 5) is 2.84. The van der Waals surface area contributed by atoms with Crippen LogP contribution >= 0.6 is 11.3 Å². The van der Waals surface area contributed by atoms with E-state index in [9.17, 15) is 0 Å². The van der Waals surface area contributed by atoms with Crippen molar-refractivity contribution in [2.45, 2.75) is 26.8 Å². The van der Waals surface area contributed by atoms with Crippen LogP contribution in [0.25, 0.3) is 0 Å². The first-order valence-corrected chi connectivity index (χ1v) is 7.51. The molecule has 0 radical (unpaired) electrons. The predicted molar refractivity (Wildman–Crippen MR) is 81.0 cm³/mol. The first-order valence-electron chi connectivity index (χ1n) is 6.69. The normalized spacial score (nSPS) is 10.7. The van der Waals surface area contributed by atoms with Crippen molar-refractivity contribution in [3.05, 3.63) is 51.2 Å². The molecule has 0 spiro atoms. The Morgan fingerprint density at radius 2 is 2.00 bits per heavy atom. The summed E-state index contributed by atoms with van der Waals surface area (Å²) in [6.45, 7) is 6.45. The summed E-state index contributed by atoms with van der Waals surface area (Å²) in [5.41, 5.74) is 2.60. The van der Waals surface area contributed by atoms with Gasteiger partial charge in [0.15, 0.2) is 0 Å². The maximum Gasteiger partial charge on any atom is 0.122 e. The lowest BCUT2D eigenvalue weighted by molar-refractivity contribution is -0.669. The zero-order valence-corrected chi connectivity index (χ0v) is 12.7. The number of rotatable bonds is 6. The van der Waals surface area contributed by atoms with Gasteiger partial charge in [-0.1, -0.05) is 17.7 Å². The number of aryl methyl sites for hydroxylation is 2. The lowest BCUT2D eigenvalue weighted by Gasteiger charge is -2.08. The van der Waals surface area contributed by atoms with E-state index in [4.69, 9.17) is 4.74 Å². The molecule has 0 bridgehead atoms. The van der Waals surface area contributed by atoms with Crippen LogP contribution in [0.5, 0.6) is 5.75 Å². The van der Waals surface area contributed by atoms with Gasteiger partial charge < -0.3 is 10.1 Å². The Labute approximate surface area is 119 Å². The summed E-state index contributed by atoms with van der Waals surface area (Å²) >= 11 is 1.89. The Morgan fingerprint density at radius 1 is 1.16 bits per heavy atom. The highest BCUT2D eigenvalue weighted by molar-refractivity contribution is 7.11. The van der Waals surface area contributed by atoms with Gasteiger partial charge in [0.1, 0.15) is 12.3 Å². The van der Waals surface area contributed by atoms with Crippen LogP contribution in [-0.4, -0.2) is 13.7 Å². The van der Waals surface area contributed by atoms with Crippen molar-refractivity contribution in [1.82, 2.24) is 0 Å². The molecule has 0 unspecified atom stereocenters. The zero-order valence-electron chi connectivity index (χ0n) is 11.9. The predicted octanol–water partition coefficient (Wildman–Crippen LogP) is 2.68. The summed E-state index contributed by atoms with van der Waals surface area (Å²) in [5, 5.41) is 2.37. The van der Waals surface area contributed by atoms with Gasteiger partial charge in [0.2, 0.25) is 0 Å². The number of thiophene rings is 1. The first-order chi connectivity index (χ1) is 9.19. The maximum atomic E-state index is 5.41. The van der Waals surface area contributed by atoms with E-state index in [0.717, 1.165) is 25.3 Å². The molecule has 0 aliphatic carbocycles. The van der Waals surface area contributed by atoms with Gasteiger partial charge in [-0.15, -0.1) is 11.3 Å². The molecule has 0 saturated carbocycles. The van der Waals surface area contributed by atoms with Crippen LogP contribution in [0.3, 0.4) is 0 Å². The Bertz CT molecular complexity index is 533. The van der Waals surface area contributed by atoms with Crippen molar-refractivity contribution >= 4 is 11.3 Å². The summed E-state index contributed by atoms with van der Waals surface area (Å²) in [6.07, 6.45) is 1.05. The molecule has 2 nitrogen and oxygen atoms in total. The molecule has 102 valence electrons. The molecule has 0 fully saturated rings. The third-order valence-corrected chi connectivity index (χ3v) is 4.22. The van der Waals surface area contributed by atoms with E-state index in [1.165, 1.54) is 20.9 Å². The largest absolute Gasteiger partial charge is 0.496 e. The molecule has 2 aromatic rings. The van der Waals surface area contributed by atoms with Crippen LogP contribution in [0.4, 0.5) is 0 Å². The molecular formula is C16H22NOS+. The Hall–Kier alpha value is -1.32. The van der Waals surface area contributed by atoms with Gasteiger partial charge >= 0.3 is 0 Å².